The molecule has 0 atom stereocenters. The van der Waals surface area contributed by atoms with Gasteiger partial charge in [-0.2, -0.15) is 8.78 Å². The standard InChI is InChI=1S/C13H16F2O6/c1-18-8-4-9(19-2)12(10(5-8)20-3)13(14,15)7-21-6-11(16)17/h4-5H,6-7H2,1-3H3,(H,16,17). The minimum absolute atomic E-state index is 0.143. The molecule has 1 aromatic carbocycles. The van der Waals surface area contributed by atoms with Crippen molar-refractivity contribution in [3.63, 3.8) is 0 Å². The van der Waals surface area contributed by atoms with E-state index < -0.39 is 30.7 Å². The molecule has 0 aliphatic heterocycles. The van der Waals surface area contributed by atoms with Gasteiger partial charge < -0.3 is 24.1 Å². The van der Waals surface area contributed by atoms with Gasteiger partial charge in [-0.3, -0.25) is 0 Å². The van der Waals surface area contributed by atoms with E-state index in [0.717, 1.165) is 0 Å². The Bertz CT molecular complexity index is 478. The first-order valence-electron chi connectivity index (χ1n) is 5.83. The highest BCUT2D eigenvalue weighted by Crippen LogP contribution is 2.44. The van der Waals surface area contributed by atoms with Crippen molar-refractivity contribution in [2.75, 3.05) is 34.5 Å². The molecule has 0 aliphatic rings. The summed E-state index contributed by atoms with van der Waals surface area (Å²) in [4.78, 5) is 10.3. The second-order valence-corrected chi connectivity index (χ2v) is 4.00. The number of hydrogen-bond acceptors (Lipinski definition) is 5. The Kier molecular flexibility index (Phi) is 5.71. The van der Waals surface area contributed by atoms with Crippen molar-refractivity contribution in [3.05, 3.63) is 17.7 Å². The Morgan fingerprint density at radius 3 is 2.05 bits per heavy atom. The second kappa shape index (κ2) is 7.07. The number of hydrogen-bond donors (Lipinski definition) is 1. The topological polar surface area (TPSA) is 74.2 Å². The van der Waals surface area contributed by atoms with E-state index in [1.807, 2.05) is 0 Å². The molecule has 0 saturated carbocycles. The summed E-state index contributed by atoms with van der Waals surface area (Å²) in [6, 6.07) is 2.56. The molecule has 118 valence electrons. The summed E-state index contributed by atoms with van der Waals surface area (Å²) in [6.07, 6.45) is 0. The third kappa shape index (κ3) is 4.19. The molecule has 0 radical (unpaired) electrons. The van der Waals surface area contributed by atoms with Crippen LogP contribution in [0.1, 0.15) is 5.56 Å². The van der Waals surface area contributed by atoms with Crippen LogP contribution in [-0.4, -0.2) is 45.6 Å². The lowest BCUT2D eigenvalue weighted by molar-refractivity contribution is -0.147. The van der Waals surface area contributed by atoms with Crippen molar-refractivity contribution >= 4 is 5.97 Å². The Morgan fingerprint density at radius 2 is 1.67 bits per heavy atom. The summed E-state index contributed by atoms with van der Waals surface area (Å²) in [5.74, 6) is -4.82. The number of carbonyl (C=O) groups is 1. The molecule has 0 unspecified atom stereocenters. The lowest BCUT2D eigenvalue weighted by atomic mass is 10.1. The second-order valence-electron chi connectivity index (χ2n) is 4.00. The van der Waals surface area contributed by atoms with E-state index in [9.17, 15) is 13.6 Å². The van der Waals surface area contributed by atoms with Crippen LogP contribution in [0.25, 0.3) is 0 Å². The highest BCUT2D eigenvalue weighted by atomic mass is 19.3. The summed E-state index contributed by atoms with van der Waals surface area (Å²) in [7, 11) is 3.83. The van der Waals surface area contributed by atoms with Gasteiger partial charge in [-0.1, -0.05) is 0 Å². The van der Waals surface area contributed by atoms with Crippen LogP contribution < -0.4 is 14.2 Å². The fraction of sp³-hybridized carbons (Fsp3) is 0.462. The van der Waals surface area contributed by atoms with Crippen LogP contribution in [0.4, 0.5) is 8.78 Å². The van der Waals surface area contributed by atoms with Gasteiger partial charge in [-0.15, -0.1) is 0 Å². The zero-order valence-electron chi connectivity index (χ0n) is 11.8. The van der Waals surface area contributed by atoms with E-state index in [2.05, 4.69) is 4.74 Å². The van der Waals surface area contributed by atoms with E-state index in [-0.39, 0.29) is 17.2 Å². The van der Waals surface area contributed by atoms with Crippen LogP contribution >= 0.6 is 0 Å². The third-order valence-electron chi connectivity index (χ3n) is 2.59. The van der Waals surface area contributed by atoms with Crippen molar-refractivity contribution in [3.8, 4) is 17.2 Å². The van der Waals surface area contributed by atoms with Gasteiger partial charge in [-0.05, 0) is 0 Å². The summed E-state index contributed by atoms with van der Waals surface area (Å²) in [5.41, 5.74) is -0.529. The van der Waals surface area contributed by atoms with Crippen molar-refractivity contribution in [1.29, 1.82) is 0 Å². The molecule has 1 N–H and O–H groups in total. The van der Waals surface area contributed by atoms with Gasteiger partial charge in [0.25, 0.3) is 0 Å². The first kappa shape index (κ1) is 17.0. The van der Waals surface area contributed by atoms with Gasteiger partial charge in [0.2, 0.25) is 0 Å². The number of halogens is 2. The van der Waals surface area contributed by atoms with Crippen LogP contribution in [-0.2, 0) is 15.5 Å². The average molecular weight is 306 g/mol. The first-order valence-corrected chi connectivity index (χ1v) is 5.83. The Labute approximate surface area is 120 Å². The monoisotopic (exact) mass is 306 g/mol. The maximum Gasteiger partial charge on any atom is 0.329 e. The minimum Gasteiger partial charge on any atom is -0.496 e. The van der Waals surface area contributed by atoms with E-state index in [0.29, 0.717) is 0 Å². The lowest BCUT2D eigenvalue weighted by Gasteiger charge is -2.22. The van der Waals surface area contributed by atoms with E-state index in [4.69, 9.17) is 19.3 Å². The van der Waals surface area contributed by atoms with E-state index >= 15 is 0 Å². The molecule has 0 amide bonds. The Morgan fingerprint density at radius 1 is 1.14 bits per heavy atom. The lowest BCUT2D eigenvalue weighted by Crippen LogP contribution is -2.24. The number of carboxylic acids is 1. The van der Waals surface area contributed by atoms with E-state index in [1.54, 1.807) is 0 Å². The summed E-state index contributed by atoms with van der Waals surface area (Å²) in [6.45, 7) is -1.94. The van der Waals surface area contributed by atoms with Crippen LogP contribution in [0.3, 0.4) is 0 Å². The first-order chi connectivity index (χ1) is 9.85. The van der Waals surface area contributed by atoms with E-state index in [1.165, 1.54) is 33.5 Å². The van der Waals surface area contributed by atoms with Gasteiger partial charge in [0.15, 0.2) is 0 Å². The van der Waals surface area contributed by atoms with Crippen molar-refractivity contribution in [1.82, 2.24) is 0 Å². The van der Waals surface area contributed by atoms with Gasteiger partial charge in [-0.25, -0.2) is 4.79 Å². The molecule has 1 aromatic rings. The molecule has 0 heterocycles. The number of rotatable bonds is 8. The molecule has 0 spiro atoms. The number of alkyl halides is 2. The quantitative estimate of drug-likeness (QED) is 0.791. The van der Waals surface area contributed by atoms with Gasteiger partial charge >= 0.3 is 11.9 Å². The molecule has 0 aliphatic carbocycles. The molecular weight excluding hydrogens is 290 g/mol. The fourth-order valence-corrected chi connectivity index (χ4v) is 1.70. The van der Waals surface area contributed by atoms with Crippen LogP contribution in [0.15, 0.2) is 12.1 Å². The maximum atomic E-state index is 14.2. The normalized spacial score (nSPS) is 11.1. The SMILES string of the molecule is COc1cc(OC)c(C(F)(F)COCC(=O)O)c(OC)c1. The highest BCUT2D eigenvalue weighted by Gasteiger charge is 2.39. The molecule has 0 saturated heterocycles. The molecule has 0 aromatic heterocycles. The maximum absolute atomic E-state index is 14.2. The number of benzene rings is 1. The predicted molar refractivity (Wildman–Crippen MR) is 68.4 cm³/mol. The molecule has 21 heavy (non-hydrogen) atoms. The number of ether oxygens (including phenoxy) is 4. The van der Waals surface area contributed by atoms with Crippen molar-refractivity contribution in [2.45, 2.75) is 5.92 Å². The molecule has 0 fully saturated rings. The highest BCUT2D eigenvalue weighted by molar-refractivity contribution is 5.68. The molecule has 8 heteroatoms. The van der Waals surface area contributed by atoms with Crippen molar-refractivity contribution in [2.24, 2.45) is 0 Å². The minimum atomic E-state index is -3.49. The summed E-state index contributed by atoms with van der Waals surface area (Å²) < 4.78 is 47.7. The Hall–Kier alpha value is -2.09. The van der Waals surface area contributed by atoms with Gasteiger partial charge in [0.05, 0.1) is 21.3 Å². The molecule has 1 rings (SSSR count). The molecule has 0 bridgehead atoms. The fourth-order valence-electron chi connectivity index (χ4n) is 1.70. The number of methoxy groups -OCH3 is 3. The zero-order chi connectivity index (χ0) is 16.0. The van der Waals surface area contributed by atoms with Crippen LogP contribution in [0.2, 0.25) is 0 Å². The predicted octanol–water partition coefficient (Wildman–Crippen LogP) is 1.91. The average Bonchev–Trinajstić information content (AvgIpc) is 2.44. The van der Waals surface area contributed by atoms with Crippen molar-refractivity contribution < 1.29 is 37.6 Å². The van der Waals surface area contributed by atoms with Gasteiger partial charge in [0.1, 0.15) is 36.0 Å². The van der Waals surface area contributed by atoms with Crippen LogP contribution in [0, 0.1) is 0 Å². The summed E-state index contributed by atoms with van der Waals surface area (Å²) >= 11 is 0. The number of aliphatic carboxylic acids is 1. The smallest absolute Gasteiger partial charge is 0.329 e. The third-order valence-corrected chi connectivity index (χ3v) is 2.59. The van der Waals surface area contributed by atoms with Crippen LogP contribution in [0.5, 0.6) is 17.2 Å². The molecular formula is C13H16F2O6. The number of carboxylic acid groups (broad SMARTS) is 1. The zero-order valence-corrected chi connectivity index (χ0v) is 11.8. The van der Waals surface area contributed by atoms with Gasteiger partial charge in [0, 0.05) is 12.1 Å². The Balaban J connectivity index is 3.16. The summed E-state index contributed by atoms with van der Waals surface area (Å²) in [5, 5.41) is 8.41. The molecule has 6 nitrogen and oxygen atoms in total. The largest absolute Gasteiger partial charge is 0.496 e.